The Labute approximate surface area is 176 Å². The van der Waals surface area contributed by atoms with Gasteiger partial charge in [-0.1, -0.05) is 12.1 Å². The zero-order chi connectivity index (χ0) is 20.3. The van der Waals surface area contributed by atoms with E-state index in [4.69, 9.17) is 0 Å². The molecule has 3 rings (SSSR count). The fourth-order valence-corrected chi connectivity index (χ4v) is 4.09. The Morgan fingerprint density at radius 2 is 1.57 bits per heavy atom. The second-order valence-corrected chi connectivity index (χ2v) is 8.88. The number of nitrogens with zero attached hydrogens (tertiary/aromatic N) is 2. The number of sulfonamides is 1. The number of hydrogen-bond acceptors (Lipinski definition) is 5. The average Bonchev–Trinajstić information content (AvgIpc) is 2.61. The van der Waals surface area contributed by atoms with Gasteiger partial charge in [-0.15, -0.1) is 0 Å². The molecule has 1 aromatic heterocycles. The number of halogens is 1. The molecule has 9 heteroatoms. The standard InChI is InChI=1S/C19H17IN4O3S/c1-12-11-13(2)22-19(21-12)24-28(26,27)15-9-7-14(8-10-15)23-18(25)16-5-3-4-6-17(16)20/h3-11H,1-2H3,(H,23,25)(H,21,22,24). The second-order valence-electron chi connectivity index (χ2n) is 6.04. The van der Waals surface area contributed by atoms with Gasteiger partial charge >= 0.3 is 0 Å². The van der Waals surface area contributed by atoms with Crippen LogP contribution in [0.1, 0.15) is 21.7 Å². The Hall–Kier alpha value is -2.53. The molecule has 3 aromatic rings. The Balaban J connectivity index is 1.76. The van der Waals surface area contributed by atoms with Crippen molar-refractivity contribution in [3.05, 3.63) is 75.1 Å². The van der Waals surface area contributed by atoms with Crippen LogP contribution in [-0.4, -0.2) is 24.3 Å². The number of carbonyl (C=O) groups excluding carboxylic acids is 1. The van der Waals surface area contributed by atoms with Gasteiger partial charge in [-0.25, -0.2) is 23.1 Å². The number of aromatic nitrogens is 2. The van der Waals surface area contributed by atoms with Crippen LogP contribution < -0.4 is 10.0 Å². The van der Waals surface area contributed by atoms with Crippen LogP contribution in [0.5, 0.6) is 0 Å². The minimum Gasteiger partial charge on any atom is -0.322 e. The van der Waals surface area contributed by atoms with Gasteiger partial charge in [-0.2, -0.15) is 0 Å². The molecule has 0 saturated carbocycles. The maximum absolute atomic E-state index is 12.5. The average molecular weight is 508 g/mol. The molecule has 2 aromatic carbocycles. The van der Waals surface area contributed by atoms with Crippen LogP contribution in [-0.2, 0) is 10.0 Å². The quantitative estimate of drug-likeness (QED) is 0.512. The maximum Gasteiger partial charge on any atom is 0.264 e. The Kier molecular flexibility index (Phi) is 5.94. The summed E-state index contributed by atoms with van der Waals surface area (Å²) in [5.41, 5.74) is 2.37. The number of carbonyl (C=O) groups is 1. The molecule has 0 atom stereocenters. The molecule has 0 saturated heterocycles. The number of nitrogens with one attached hydrogen (secondary N) is 2. The summed E-state index contributed by atoms with van der Waals surface area (Å²) in [4.78, 5) is 20.6. The molecule has 28 heavy (non-hydrogen) atoms. The first kappa shape index (κ1) is 20.2. The maximum atomic E-state index is 12.5. The summed E-state index contributed by atoms with van der Waals surface area (Å²) in [6.45, 7) is 3.52. The molecule has 1 amide bonds. The Morgan fingerprint density at radius 3 is 2.18 bits per heavy atom. The second kappa shape index (κ2) is 8.23. The molecular weight excluding hydrogens is 491 g/mol. The summed E-state index contributed by atoms with van der Waals surface area (Å²) in [7, 11) is -3.84. The van der Waals surface area contributed by atoms with Crippen LogP contribution in [0.3, 0.4) is 0 Å². The molecule has 0 bridgehead atoms. The highest BCUT2D eigenvalue weighted by Gasteiger charge is 2.17. The van der Waals surface area contributed by atoms with E-state index in [1.807, 2.05) is 12.1 Å². The molecule has 0 spiro atoms. The summed E-state index contributed by atoms with van der Waals surface area (Å²) in [6.07, 6.45) is 0. The van der Waals surface area contributed by atoms with Crippen LogP contribution in [0.15, 0.2) is 59.5 Å². The molecule has 0 unspecified atom stereocenters. The van der Waals surface area contributed by atoms with Crippen molar-refractivity contribution >= 4 is 50.2 Å². The van der Waals surface area contributed by atoms with Crippen LogP contribution >= 0.6 is 22.6 Å². The summed E-state index contributed by atoms with van der Waals surface area (Å²) in [5, 5.41) is 2.76. The van der Waals surface area contributed by atoms with Crippen molar-refractivity contribution in [3.8, 4) is 0 Å². The van der Waals surface area contributed by atoms with E-state index in [0.29, 0.717) is 22.6 Å². The Bertz CT molecular complexity index is 1110. The lowest BCUT2D eigenvalue weighted by molar-refractivity contribution is 0.102. The summed E-state index contributed by atoms with van der Waals surface area (Å²) in [5.74, 6) is -0.240. The fraction of sp³-hybridized carbons (Fsp3) is 0.105. The van der Waals surface area contributed by atoms with E-state index in [1.165, 1.54) is 24.3 Å². The van der Waals surface area contributed by atoms with Crippen molar-refractivity contribution in [2.45, 2.75) is 18.7 Å². The highest BCUT2D eigenvalue weighted by molar-refractivity contribution is 14.1. The third-order valence-electron chi connectivity index (χ3n) is 3.75. The summed E-state index contributed by atoms with van der Waals surface area (Å²) < 4.78 is 28.3. The van der Waals surface area contributed by atoms with Crippen LogP contribution in [0.2, 0.25) is 0 Å². The third kappa shape index (κ3) is 4.84. The first-order chi connectivity index (χ1) is 13.2. The third-order valence-corrected chi connectivity index (χ3v) is 6.03. The fourth-order valence-electron chi connectivity index (χ4n) is 2.51. The molecule has 0 aliphatic rings. The summed E-state index contributed by atoms with van der Waals surface area (Å²) in [6, 6.07) is 14.8. The van der Waals surface area contributed by atoms with Gasteiger partial charge < -0.3 is 5.32 Å². The van der Waals surface area contributed by atoms with Gasteiger partial charge in [0.25, 0.3) is 15.9 Å². The van der Waals surface area contributed by atoms with E-state index >= 15 is 0 Å². The molecule has 7 nitrogen and oxygen atoms in total. The number of benzene rings is 2. The van der Waals surface area contributed by atoms with Gasteiger partial charge in [0.1, 0.15) is 0 Å². The predicted octanol–water partition coefficient (Wildman–Crippen LogP) is 3.75. The van der Waals surface area contributed by atoms with Crippen molar-refractivity contribution in [2.24, 2.45) is 0 Å². The van der Waals surface area contributed by atoms with Gasteiger partial charge in [-0.3, -0.25) is 4.79 Å². The van der Waals surface area contributed by atoms with E-state index in [-0.39, 0.29) is 16.8 Å². The van der Waals surface area contributed by atoms with E-state index in [2.05, 4.69) is 42.6 Å². The SMILES string of the molecule is Cc1cc(C)nc(NS(=O)(=O)c2ccc(NC(=O)c3ccccc3I)cc2)n1. The number of amides is 1. The zero-order valence-electron chi connectivity index (χ0n) is 15.1. The molecule has 0 fully saturated rings. The lowest BCUT2D eigenvalue weighted by Crippen LogP contribution is -2.16. The van der Waals surface area contributed by atoms with E-state index < -0.39 is 10.0 Å². The lowest BCUT2D eigenvalue weighted by Gasteiger charge is -2.10. The molecule has 2 N–H and O–H groups in total. The minimum atomic E-state index is -3.84. The topological polar surface area (TPSA) is 101 Å². The first-order valence-corrected chi connectivity index (χ1v) is 10.8. The van der Waals surface area contributed by atoms with Crippen molar-refractivity contribution in [1.82, 2.24) is 9.97 Å². The number of anilines is 2. The molecule has 0 aliphatic carbocycles. The number of aryl methyl sites for hydroxylation is 2. The normalized spacial score (nSPS) is 11.1. The smallest absolute Gasteiger partial charge is 0.264 e. The number of rotatable bonds is 5. The largest absolute Gasteiger partial charge is 0.322 e. The van der Waals surface area contributed by atoms with Gasteiger partial charge in [-0.05, 0) is 78.9 Å². The van der Waals surface area contributed by atoms with Crippen LogP contribution in [0.25, 0.3) is 0 Å². The zero-order valence-corrected chi connectivity index (χ0v) is 18.1. The summed E-state index contributed by atoms with van der Waals surface area (Å²) >= 11 is 2.09. The van der Waals surface area contributed by atoms with Crippen molar-refractivity contribution in [3.63, 3.8) is 0 Å². The first-order valence-electron chi connectivity index (χ1n) is 8.26. The monoisotopic (exact) mass is 508 g/mol. The van der Waals surface area contributed by atoms with Crippen molar-refractivity contribution < 1.29 is 13.2 Å². The predicted molar refractivity (Wildman–Crippen MR) is 116 cm³/mol. The van der Waals surface area contributed by atoms with E-state index in [9.17, 15) is 13.2 Å². The Morgan fingerprint density at radius 1 is 0.964 bits per heavy atom. The van der Waals surface area contributed by atoms with Gasteiger partial charge in [0.2, 0.25) is 5.95 Å². The van der Waals surface area contributed by atoms with Crippen LogP contribution in [0, 0.1) is 17.4 Å². The molecule has 0 aliphatic heterocycles. The minimum absolute atomic E-state index is 0.0218. The van der Waals surface area contributed by atoms with E-state index in [0.717, 1.165) is 3.57 Å². The van der Waals surface area contributed by atoms with Gasteiger partial charge in [0.05, 0.1) is 10.5 Å². The number of hydrogen-bond donors (Lipinski definition) is 2. The molecule has 144 valence electrons. The van der Waals surface area contributed by atoms with Gasteiger partial charge in [0, 0.05) is 20.6 Å². The highest BCUT2D eigenvalue weighted by Crippen LogP contribution is 2.19. The molecule has 0 radical (unpaired) electrons. The van der Waals surface area contributed by atoms with Crippen molar-refractivity contribution in [2.75, 3.05) is 10.0 Å². The molecular formula is C19H17IN4O3S. The van der Waals surface area contributed by atoms with E-state index in [1.54, 1.807) is 32.0 Å². The van der Waals surface area contributed by atoms with Crippen LogP contribution in [0.4, 0.5) is 11.6 Å². The molecule has 1 heterocycles. The highest BCUT2D eigenvalue weighted by atomic mass is 127. The van der Waals surface area contributed by atoms with Gasteiger partial charge in [0.15, 0.2) is 0 Å². The van der Waals surface area contributed by atoms with Crippen molar-refractivity contribution in [1.29, 1.82) is 0 Å². The lowest BCUT2D eigenvalue weighted by atomic mass is 10.2.